The summed E-state index contributed by atoms with van der Waals surface area (Å²) in [6.45, 7) is 7.80. The molecule has 0 aromatic heterocycles. The van der Waals surface area contributed by atoms with Gasteiger partial charge in [-0.1, -0.05) is 36.8 Å². The number of rotatable bonds is 7. The minimum Gasteiger partial charge on any atom is -0.308 e. The van der Waals surface area contributed by atoms with E-state index in [4.69, 9.17) is 0 Å². The molecule has 2 heteroatoms. The molecule has 2 rings (SSSR count). The van der Waals surface area contributed by atoms with Gasteiger partial charge in [-0.25, -0.2) is 0 Å². The lowest BCUT2D eigenvalue weighted by Crippen LogP contribution is -2.40. The molecule has 1 aliphatic rings. The van der Waals surface area contributed by atoms with Crippen molar-refractivity contribution in [3.05, 3.63) is 35.4 Å². The second-order valence-electron chi connectivity index (χ2n) is 6.03. The van der Waals surface area contributed by atoms with E-state index in [1.54, 1.807) is 0 Å². The summed E-state index contributed by atoms with van der Waals surface area (Å²) in [4.78, 5) is 2.52. The summed E-state index contributed by atoms with van der Waals surface area (Å²) in [6, 6.07) is 10.9. The zero-order chi connectivity index (χ0) is 13.8. The zero-order valence-corrected chi connectivity index (χ0v) is 12.8. The molecule has 0 radical (unpaired) electrons. The zero-order valence-electron chi connectivity index (χ0n) is 12.8. The van der Waals surface area contributed by atoms with Crippen molar-refractivity contribution in [1.82, 2.24) is 10.2 Å². The molecular formula is C17H28N2. The van der Waals surface area contributed by atoms with Gasteiger partial charge >= 0.3 is 0 Å². The molecule has 1 aromatic rings. The molecule has 1 aromatic carbocycles. The molecule has 2 atom stereocenters. The number of benzene rings is 1. The summed E-state index contributed by atoms with van der Waals surface area (Å²) in [6.07, 6.45) is 3.91. The van der Waals surface area contributed by atoms with Crippen molar-refractivity contribution >= 4 is 0 Å². The molecule has 0 bridgehead atoms. The molecule has 106 valence electrons. The average molecular weight is 260 g/mol. The monoisotopic (exact) mass is 260 g/mol. The number of nitrogens with one attached hydrogen (secondary N) is 1. The SMILES string of the molecule is CCC(NCC(C)N(C)C1CC1)c1ccc(C)cc1. The minimum absolute atomic E-state index is 0.482. The highest BCUT2D eigenvalue weighted by atomic mass is 15.2. The number of nitrogens with zero attached hydrogens (tertiary/aromatic N) is 1. The van der Waals surface area contributed by atoms with Gasteiger partial charge in [-0.15, -0.1) is 0 Å². The highest BCUT2D eigenvalue weighted by molar-refractivity contribution is 5.24. The smallest absolute Gasteiger partial charge is 0.0318 e. The van der Waals surface area contributed by atoms with Gasteiger partial charge in [-0.3, -0.25) is 4.90 Å². The Labute approximate surface area is 118 Å². The van der Waals surface area contributed by atoms with Crippen molar-refractivity contribution in [2.24, 2.45) is 0 Å². The molecule has 1 aliphatic carbocycles. The topological polar surface area (TPSA) is 15.3 Å². The molecular weight excluding hydrogens is 232 g/mol. The highest BCUT2D eigenvalue weighted by Crippen LogP contribution is 2.27. The molecule has 1 N–H and O–H groups in total. The Bertz CT molecular complexity index is 381. The van der Waals surface area contributed by atoms with Crippen molar-refractivity contribution < 1.29 is 0 Å². The third-order valence-corrected chi connectivity index (χ3v) is 4.37. The van der Waals surface area contributed by atoms with Gasteiger partial charge in [-0.05, 0) is 45.7 Å². The molecule has 2 nitrogen and oxygen atoms in total. The predicted octanol–water partition coefficient (Wildman–Crippen LogP) is 3.52. The van der Waals surface area contributed by atoms with Crippen LogP contribution in [0.1, 0.15) is 50.3 Å². The minimum atomic E-state index is 0.482. The van der Waals surface area contributed by atoms with Crippen LogP contribution in [0.3, 0.4) is 0 Å². The van der Waals surface area contributed by atoms with Crippen LogP contribution in [-0.2, 0) is 0 Å². The third-order valence-electron chi connectivity index (χ3n) is 4.37. The van der Waals surface area contributed by atoms with E-state index in [1.807, 2.05) is 0 Å². The van der Waals surface area contributed by atoms with Gasteiger partial charge in [0.1, 0.15) is 0 Å². The molecule has 19 heavy (non-hydrogen) atoms. The van der Waals surface area contributed by atoms with Crippen molar-refractivity contribution in [3.8, 4) is 0 Å². The van der Waals surface area contributed by atoms with E-state index in [9.17, 15) is 0 Å². The first-order valence-electron chi connectivity index (χ1n) is 7.63. The predicted molar refractivity (Wildman–Crippen MR) is 82.5 cm³/mol. The Morgan fingerprint density at radius 1 is 1.26 bits per heavy atom. The molecule has 2 unspecified atom stereocenters. The van der Waals surface area contributed by atoms with Gasteiger partial charge in [0, 0.05) is 24.7 Å². The summed E-state index contributed by atoms with van der Waals surface area (Å²) < 4.78 is 0. The fourth-order valence-corrected chi connectivity index (χ4v) is 2.60. The maximum Gasteiger partial charge on any atom is 0.0318 e. The van der Waals surface area contributed by atoms with Gasteiger partial charge in [0.25, 0.3) is 0 Å². The summed E-state index contributed by atoms with van der Waals surface area (Å²) in [7, 11) is 2.26. The quantitative estimate of drug-likeness (QED) is 0.807. The maximum atomic E-state index is 3.73. The van der Waals surface area contributed by atoms with Crippen LogP contribution in [0.15, 0.2) is 24.3 Å². The first kappa shape index (κ1) is 14.5. The Hall–Kier alpha value is -0.860. The van der Waals surface area contributed by atoms with E-state index >= 15 is 0 Å². The Morgan fingerprint density at radius 3 is 2.42 bits per heavy atom. The van der Waals surface area contributed by atoms with E-state index in [0.29, 0.717) is 12.1 Å². The van der Waals surface area contributed by atoms with Crippen molar-refractivity contribution in [1.29, 1.82) is 0 Å². The van der Waals surface area contributed by atoms with E-state index in [-0.39, 0.29) is 0 Å². The molecule has 0 aliphatic heterocycles. The Balaban J connectivity index is 1.86. The fourth-order valence-electron chi connectivity index (χ4n) is 2.60. The molecule has 0 heterocycles. The lowest BCUT2D eigenvalue weighted by atomic mass is 10.0. The number of likely N-dealkylation sites (N-methyl/N-ethyl adjacent to an activating group) is 1. The second-order valence-corrected chi connectivity index (χ2v) is 6.03. The van der Waals surface area contributed by atoms with Crippen LogP contribution in [0, 0.1) is 6.92 Å². The van der Waals surface area contributed by atoms with Crippen molar-refractivity contribution in [2.75, 3.05) is 13.6 Å². The summed E-state index contributed by atoms with van der Waals surface area (Å²) in [5.41, 5.74) is 2.75. The normalized spacial score (nSPS) is 18.6. The van der Waals surface area contributed by atoms with Gasteiger partial charge in [0.15, 0.2) is 0 Å². The standard InChI is InChI=1S/C17H28N2/c1-5-17(15-8-6-13(2)7-9-15)18-12-14(3)19(4)16-10-11-16/h6-9,14,16-18H,5,10-12H2,1-4H3. The lowest BCUT2D eigenvalue weighted by Gasteiger charge is -2.27. The summed E-state index contributed by atoms with van der Waals surface area (Å²) in [5.74, 6) is 0. The van der Waals surface area contributed by atoms with Crippen LogP contribution in [-0.4, -0.2) is 30.6 Å². The van der Waals surface area contributed by atoms with Gasteiger partial charge in [0.05, 0.1) is 0 Å². The number of hydrogen-bond acceptors (Lipinski definition) is 2. The van der Waals surface area contributed by atoms with Gasteiger partial charge < -0.3 is 5.32 Å². The first-order chi connectivity index (χ1) is 9.11. The second kappa shape index (κ2) is 6.53. The van der Waals surface area contributed by atoms with E-state index in [0.717, 1.165) is 19.0 Å². The van der Waals surface area contributed by atoms with Crippen LogP contribution in [0.5, 0.6) is 0 Å². The van der Waals surface area contributed by atoms with Gasteiger partial charge in [-0.2, -0.15) is 0 Å². The average Bonchev–Trinajstić information content (AvgIpc) is 3.24. The first-order valence-corrected chi connectivity index (χ1v) is 7.63. The number of hydrogen-bond donors (Lipinski definition) is 1. The summed E-state index contributed by atoms with van der Waals surface area (Å²) >= 11 is 0. The molecule has 0 saturated heterocycles. The Morgan fingerprint density at radius 2 is 1.89 bits per heavy atom. The van der Waals surface area contributed by atoms with E-state index in [2.05, 4.69) is 62.3 Å². The molecule has 1 fully saturated rings. The van der Waals surface area contributed by atoms with E-state index < -0.39 is 0 Å². The fraction of sp³-hybridized carbons (Fsp3) is 0.647. The maximum absolute atomic E-state index is 3.73. The molecule has 1 saturated carbocycles. The van der Waals surface area contributed by atoms with Crippen LogP contribution in [0.4, 0.5) is 0 Å². The third kappa shape index (κ3) is 4.05. The molecule has 0 amide bonds. The Kier molecular flexibility index (Phi) is 5.00. The number of aryl methyl sites for hydroxylation is 1. The summed E-state index contributed by atoms with van der Waals surface area (Å²) in [5, 5.41) is 3.73. The lowest BCUT2D eigenvalue weighted by molar-refractivity contribution is 0.235. The van der Waals surface area contributed by atoms with Crippen molar-refractivity contribution in [3.63, 3.8) is 0 Å². The highest BCUT2D eigenvalue weighted by Gasteiger charge is 2.29. The van der Waals surface area contributed by atoms with E-state index in [1.165, 1.54) is 24.0 Å². The van der Waals surface area contributed by atoms with Crippen LogP contribution in [0.2, 0.25) is 0 Å². The van der Waals surface area contributed by atoms with Crippen LogP contribution in [0.25, 0.3) is 0 Å². The van der Waals surface area contributed by atoms with Crippen LogP contribution < -0.4 is 5.32 Å². The van der Waals surface area contributed by atoms with Crippen LogP contribution >= 0.6 is 0 Å². The van der Waals surface area contributed by atoms with Gasteiger partial charge in [0.2, 0.25) is 0 Å². The van der Waals surface area contributed by atoms with Crippen molar-refractivity contribution in [2.45, 2.75) is 58.2 Å². The molecule has 0 spiro atoms. The largest absolute Gasteiger partial charge is 0.308 e.